The molecular formula is C21H17F2N5O3. The highest BCUT2D eigenvalue weighted by Crippen LogP contribution is 2.32. The number of carbonyl (C=O) groups is 1. The fourth-order valence-electron chi connectivity index (χ4n) is 3.34. The minimum absolute atomic E-state index is 0.206. The molecule has 2 aromatic carbocycles. The number of aryl methyl sites for hydroxylation is 1. The number of H-pyrrole nitrogens is 1. The van der Waals surface area contributed by atoms with E-state index < -0.39 is 23.5 Å². The van der Waals surface area contributed by atoms with Crippen LogP contribution in [-0.4, -0.2) is 36.7 Å². The Morgan fingerprint density at radius 3 is 2.48 bits per heavy atom. The number of nitrogens with one attached hydrogen (secondary N) is 1. The highest BCUT2D eigenvalue weighted by molar-refractivity contribution is 5.82. The molecular weight excluding hydrogens is 408 g/mol. The molecule has 0 aliphatic rings. The van der Waals surface area contributed by atoms with E-state index in [1.54, 1.807) is 24.3 Å². The molecule has 158 valence electrons. The number of halogens is 2. The van der Waals surface area contributed by atoms with Gasteiger partial charge in [-0.1, -0.05) is 31.2 Å². The van der Waals surface area contributed by atoms with Gasteiger partial charge in [0.25, 0.3) is 0 Å². The molecule has 2 heterocycles. The highest BCUT2D eigenvalue weighted by Gasteiger charge is 2.22. The maximum absolute atomic E-state index is 15.0. The summed E-state index contributed by atoms with van der Waals surface area (Å²) in [7, 11) is 0. The molecule has 0 spiro atoms. The first kappa shape index (κ1) is 20.3. The number of benzene rings is 2. The van der Waals surface area contributed by atoms with Gasteiger partial charge in [-0.25, -0.2) is 18.6 Å². The molecule has 4 aromatic rings. The lowest BCUT2D eigenvalue weighted by atomic mass is 9.96. The molecule has 10 heteroatoms. The second-order valence-electron chi connectivity index (χ2n) is 6.82. The van der Waals surface area contributed by atoms with Gasteiger partial charge in [0.05, 0.1) is 5.69 Å². The number of tetrazole rings is 1. The molecule has 0 unspecified atom stereocenters. The maximum Gasteiger partial charge on any atom is 0.392 e. The molecule has 31 heavy (non-hydrogen) atoms. The van der Waals surface area contributed by atoms with Gasteiger partial charge in [0, 0.05) is 24.0 Å². The zero-order valence-electron chi connectivity index (χ0n) is 16.4. The summed E-state index contributed by atoms with van der Waals surface area (Å²) < 4.78 is 35.2. The second kappa shape index (κ2) is 8.42. The topological polar surface area (TPSA) is 118 Å². The summed E-state index contributed by atoms with van der Waals surface area (Å²) in [5.41, 5.74) is 1.39. The maximum atomic E-state index is 15.0. The van der Waals surface area contributed by atoms with Gasteiger partial charge in [-0.2, -0.15) is 5.21 Å². The van der Waals surface area contributed by atoms with Crippen LogP contribution in [0.3, 0.4) is 0 Å². The number of hydrogen-bond donors (Lipinski definition) is 2. The van der Waals surface area contributed by atoms with Gasteiger partial charge >= 0.3 is 11.9 Å². The SMILES string of the molecule is CCCc1oc(C(=O)O)nc1Cc1c(F)cc(-c2ccccc2-c2nn[nH]n2)cc1F. The first-order valence-electron chi connectivity index (χ1n) is 9.51. The van der Waals surface area contributed by atoms with Crippen molar-refractivity contribution in [1.29, 1.82) is 0 Å². The molecule has 4 rings (SSSR count). The zero-order valence-corrected chi connectivity index (χ0v) is 16.4. The molecule has 0 amide bonds. The minimum Gasteiger partial charge on any atom is -0.474 e. The standard InChI is InChI=1S/C21H17F2N5O3/c1-2-5-18-17(24-20(31-18)21(29)30)10-14-15(22)8-11(9-16(14)23)12-6-3-4-7-13(12)19-25-27-28-26-19/h3-4,6-9H,2,5,10H2,1H3,(H,29,30)(H,25,26,27,28). The van der Waals surface area contributed by atoms with Crippen LogP contribution < -0.4 is 0 Å². The van der Waals surface area contributed by atoms with Gasteiger partial charge < -0.3 is 9.52 Å². The lowest BCUT2D eigenvalue weighted by Crippen LogP contribution is -2.02. The fourth-order valence-corrected chi connectivity index (χ4v) is 3.34. The van der Waals surface area contributed by atoms with Crippen molar-refractivity contribution in [3.05, 3.63) is 70.9 Å². The molecule has 8 nitrogen and oxygen atoms in total. The van der Waals surface area contributed by atoms with Crippen LogP contribution >= 0.6 is 0 Å². The van der Waals surface area contributed by atoms with Crippen molar-refractivity contribution in [2.45, 2.75) is 26.2 Å². The smallest absolute Gasteiger partial charge is 0.392 e. The largest absolute Gasteiger partial charge is 0.474 e. The Bertz CT molecular complexity index is 1210. The molecule has 2 N–H and O–H groups in total. The number of rotatable bonds is 7. The number of aromatic nitrogens is 5. The van der Waals surface area contributed by atoms with E-state index in [2.05, 4.69) is 25.6 Å². The molecule has 0 radical (unpaired) electrons. The number of aromatic amines is 1. The molecule has 2 aromatic heterocycles. The molecule has 0 saturated carbocycles. The number of carboxylic acid groups (broad SMARTS) is 1. The Morgan fingerprint density at radius 1 is 1.16 bits per heavy atom. The molecule has 0 fully saturated rings. The minimum atomic E-state index is -1.34. The molecule has 0 bridgehead atoms. The summed E-state index contributed by atoms with van der Waals surface area (Å²) in [5.74, 6) is -2.78. The molecule has 0 atom stereocenters. The van der Waals surface area contributed by atoms with Gasteiger partial charge in [0.1, 0.15) is 17.4 Å². The van der Waals surface area contributed by atoms with E-state index in [0.29, 0.717) is 41.1 Å². The van der Waals surface area contributed by atoms with Gasteiger partial charge in [0.2, 0.25) is 5.82 Å². The normalized spacial score (nSPS) is 11.1. The van der Waals surface area contributed by atoms with E-state index in [9.17, 15) is 13.6 Å². The van der Waals surface area contributed by atoms with Crippen LogP contribution in [0.1, 0.15) is 41.0 Å². The summed E-state index contributed by atoms with van der Waals surface area (Å²) >= 11 is 0. The van der Waals surface area contributed by atoms with Crippen LogP contribution in [-0.2, 0) is 12.8 Å². The van der Waals surface area contributed by atoms with Crippen molar-refractivity contribution in [1.82, 2.24) is 25.6 Å². The quantitative estimate of drug-likeness (QED) is 0.459. The second-order valence-corrected chi connectivity index (χ2v) is 6.82. The van der Waals surface area contributed by atoms with Gasteiger partial charge in [-0.05, 0) is 34.9 Å². The molecule has 0 saturated heterocycles. The van der Waals surface area contributed by atoms with E-state index in [4.69, 9.17) is 9.52 Å². The number of hydrogen-bond acceptors (Lipinski definition) is 6. The first-order valence-corrected chi connectivity index (χ1v) is 9.51. The number of nitrogens with zero attached hydrogens (tertiary/aromatic N) is 4. The lowest BCUT2D eigenvalue weighted by molar-refractivity contribution is 0.0651. The predicted molar refractivity (Wildman–Crippen MR) is 105 cm³/mol. The average molecular weight is 425 g/mol. The van der Waals surface area contributed by atoms with Crippen LogP contribution in [0, 0.1) is 11.6 Å². The number of aromatic carboxylic acids is 1. The summed E-state index contributed by atoms with van der Waals surface area (Å²) in [4.78, 5) is 15.1. The van der Waals surface area contributed by atoms with Crippen molar-refractivity contribution in [3.63, 3.8) is 0 Å². The Kier molecular flexibility index (Phi) is 5.52. The number of carboxylic acids is 1. The summed E-state index contributed by atoms with van der Waals surface area (Å²) in [6.45, 7) is 1.88. The highest BCUT2D eigenvalue weighted by atomic mass is 19.1. The Balaban J connectivity index is 1.73. The number of oxazole rings is 1. The van der Waals surface area contributed by atoms with E-state index in [-0.39, 0.29) is 17.7 Å². The summed E-state index contributed by atoms with van der Waals surface area (Å²) in [5, 5.41) is 22.9. The van der Waals surface area contributed by atoms with Crippen LogP contribution in [0.4, 0.5) is 8.78 Å². The van der Waals surface area contributed by atoms with Crippen molar-refractivity contribution in [2.24, 2.45) is 0 Å². The average Bonchev–Trinajstić information content (AvgIpc) is 3.41. The lowest BCUT2D eigenvalue weighted by Gasteiger charge is -2.10. The van der Waals surface area contributed by atoms with Gasteiger partial charge in [0.15, 0.2) is 0 Å². The first-order chi connectivity index (χ1) is 15.0. The van der Waals surface area contributed by atoms with Crippen molar-refractivity contribution in [2.75, 3.05) is 0 Å². The van der Waals surface area contributed by atoms with Gasteiger partial charge in [-0.15, -0.1) is 10.2 Å². The van der Waals surface area contributed by atoms with Crippen LogP contribution in [0.15, 0.2) is 40.8 Å². The molecule has 0 aliphatic heterocycles. The monoisotopic (exact) mass is 425 g/mol. The zero-order chi connectivity index (χ0) is 22.0. The van der Waals surface area contributed by atoms with Crippen molar-refractivity contribution < 1.29 is 23.1 Å². The Labute approximate surface area is 175 Å². The van der Waals surface area contributed by atoms with Crippen molar-refractivity contribution in [3.8, 4) is 22.5 Å². The third-order valence-corrected chi connectivity index (χ3v) is 4.75. The summed E-state index contributed by atoms with van der Waals surface area (Å²) in [6, 6.07) is 9.36. The third-order valence-electron chi connectivity index (χ3n) is 4.75. The fraction of sp³-hybridized carbons (Fsp3) is 0.190. The van der Waals surface area contributed by atoms with E-state index in [0.717, 1.165) is 0 Å². The Hall–Kier alpha value is -3.95. The van der Waals surface area contributed by atoms with E-state index in [1.165, 1.54) is 12.1 Å². The Morgan fingerprint density at radius 2 is 1.87 bits per heavy atom. The third kappa shape index (κ3) is 4.04. The van der Waals surface area contributed by atoms with Crippen LogP contribution in [0.25, 0.3) is 22.5 Å². The van der Waals surface area contributed by atoms with E-state index >= 15 is 0 Å². The van der Waals surface area contributed by atoms with Crippen molar-refractivity contribution >= 4 is 5.97 Å². The van der Waals surface area contributed by atoms with E-state index in [1.807, 2.05) is 6.92 Å². The predicted octanol–water partition coefficient (Wildman–Crippen LogP) is 4.04. The van der Waals surface area contributed by atoms with Crippen LogP contribution in [0.5, 0.6) is 0 Å². The molecule has 0 aliphatic carbocycles. The van der Waals surface area contributed by atoms with Gasteiger partial charge in [-0.3, -0.25) is 0 Å². The summed E-state index contributed by atoms with van der Waals surface area (Å²) in [6.07, 6.45) is 0.851. The van der Waals surface area contributed by atoms with Crippen LogP contribution in [0.2, 0.25) is 0 Å².